The van der Waals surface area contributed by atoms with Crippen LogP contribution in [0.25, 0.3) is 0 Å². The highest BCUT2D eigenvalue weighted by Gasteiger charge is 2.13. The number of ether oxygens (including phenoxy) is 1. The number of hydrogen-bond donors (Lipinski definition) is 1. The first-order chi connectivity index (χ1) is 8.56. The molecule has 0 saturated carbocycles. The first-order valence-electron chi connectivity index (χ1n) is 5.26. The zero-order valence-electron chi connectivity index (χ0n) is 9.60. The van der Waals surface area contributed by atoms with Crippen LogP contribution in [-0.2, 0) is 0 Å². The minimum atomic E-state index is -0.634. The highest BCUT2D eigenvalue weighted by atomic mass is 19.1. The number of anilines is 1. The molecule has 0 aliphatic heterocycles. The van der Waals surface area contributed by atoms with Crippen molar-refractivity contribution in [1.29, 1.82) is 0 Å². The van der Waals surface area contributed by atoms with Crippen molar-refractivity contribution in [2.45, 2.75) is 13.0 Å². The number of halogens is 2. The molecule has 18 heavy (non-hydrogen) atoms. The molecule has 0 bridgehead atoms. The van der Waals surface area contributed by atoms with Gasteiger partial charge >= 0.3 is 0 Å². The van der Waals surface area contributed by atoms with Crippen LogP contribution in [0.5, 0.6) is 5.75 Å². The molecule has 6 heteroatoms. The average Bonchev–Trinajstić information content (AvgIpc) is 2.34. The van der Waals surface area contributed by atoms with Crippen LogP contribution in [0, 0.1) is 11.6 Å². The van der Waals surface area contributed by atoms with E-state index in [0.29, 0.717) is 5.69 Å². The molecule has 0 saturated heterocycles. The van der Waals surface area contributed by atoms with Crippen molar-refractivity contribution in [2.24, 2.45) is 0 Å². The number of nitrogens with two attached hydrogens (primary N) is 1. The molecule has 2 aromatic rings. The summed E-state index contributed by atoms with van der Waals surface area (Å²) in [5.41, 5.74) is 5.92. The predicted octanol–water partition coefficient (Wildman–Crippen LogP) is 2.48. The summed E-state index contributed by atoms with van der Waals surface area (Å²) in [6.45, 7) is 1.66. The van der Waals surface area contributed by atoms with Crippen molar-refractivity contribution in [3.63, 3.8) is 0 Å². The van der Waals surface area contributed by atoms with Gasteiger partial charge in [0.25, 0.3) is 0 Å². The molecule has 0 amide bonds. The van der Waals surface area contributed by atoms with Crippen molar-refractivity contribution in [3.05, 3.63) is 47.8 Å². The summed E-state index contributed by atoms with van der Waals surface area (Å²) < 4.78 is 31.7. The minimum Gasteiger partial charge on any atom is -0.481 e. The van der Waals surface area contributed by atoms with Crippen LogP contribution in [0.1, 0.15) is 18.7 Å². The van der Waals surface area contributed by atoms with Gasteiger partial charge in [0.05, 0.1) is 5.69 Å². The molecule has 1 heterocycles. The van der Waals surface area contributed by atoms with E-state index in [9.17, 15) is 8.78 Å². The maximum atomic E-state index is 13.4. The fourth-order valence-corrected chi connectivity index (χ4v) is 1.43. The van der Waals surface area contributed by atoms with Crippen LogP contribution in [0.15, 0.2) is 30.5 Å². The monoisotopic (exact) mass is 251 g/mol. The predicted molar refractivity (Wildman–Crippen MR) is 61.8 cm³/mol. The quantitative estimate of drug-likeness (QED) is 0.910. The summed E-state index contributed by atoms with van der Waals surface area (Å²) in [5.74, 6) is -1.27. The fraction of sp³-hybridized carbons (Fsp3) is 0.167. The van der Waals surface area contributed by atoms with E-state index >= 15 is 0 Å². The second kappa shape index (κ2) is 4.95. The SMILES string of the molecule is C[C@H](Oc1cc(F)ccc1F)c1ccnc(N)n1. The van der Waals surface area contributed by atoms with Crippen LogP contribution in [0.4, 0.5) is 14.7 Å². The Morgan fingerprint density at radius 1 is 1.28 bits per heavy atom. The molecule has 0 aliphatic rings. The number of nitrogens with zero attached hydrogens (tertiary/aromatic N) is 2. The molecule has 1 atom stereocenters. The van der Waals surface area contributed by atoms with Crippen LogP contribution in [0.2, 0.25) is 0 Å². The van der Waals surface area contributed by atoms with Gasteiger partial charge in [0.1, 0.15) is 11.9 Å². The van der Waals surface area contributed by atoms with E-state index in [2.05, 4.69) is 9.97 Å². The lowest BCUT2D eigenvalue weighted by molar-refractivity contribution is 0.210. The molecule has 1 aromatic heterocycles. The van der Waals surface area contributed by atoms with Gasteiger partial charge in [-0.2, -0.15) is 0 Å². The van der Waals surface area contributed by atoms with Gasteiger partial charge in [0.2, 0.25) is 5.95 Å². The molecular formula is C12H11F2N3O. The zero-order chi connectivity index (χ0) is 13.1. The van der Waals surface area contributed by atoms with Crippen molar-refractivity contribution >= 4 is 5.95 Å². The smallest absolute Gasteiger partial charge is 0.220 e. The first kappa shape index (κ1) is 12.2. The molecule has 0 unspecified atom stereocenters. The summed E-state index contributed by atoms with van der Waals surface area (Å²) in [4.78, 5) is 7.68. The lowest BCUT2D eigenvalue weighted by Crippen LogP contribution is -2.08. The lowest BCUT2D eigenvalue weighted by Gasteiger charge is -2.14. The summed E-state index contributed by atoms with van der Waals surface area (Å²) in [6, 6.07) is 4.61. The lowest BCUT2D eigenvalue weighted by atomic mass is 10.2. The summed E-state index contributed by atoms with van der Waals surface area (Å²) in [7, 11) is 0. The van der Waals surface area contributed by atoms with E-state index < -0.39 is 17.7 Å². The molecular weight excluding hydrogens is 240 g/mol. The Morgan fingerprint density at radius 2 is 2.06 bits per heavy atom. The van der Waals surface area contributed by atoms with Crippen molar-refractivity contribution in [2.75, 3.05) is 5.73 Å². The zero-order valence-corrected chi connectivity index (χ0v) is 9.60. The fourth-order valence-electron chi connectivity index (χ4n) is 1.43. The Kier molecular flexibility index (Phi) is 3.36. The first-order valence-corrected chi connectivity index (χ1v) is 5.26. The minimum absolute atomic E-state index is 0.0997. The van der Waals surface area contributed by atoms with E-state index in [1.165, 1.54) is 6.20 Å². The molecule has 2 N–H and O–H groups in total. The molecule has 0 aliphatic carbocycles. The number of hydrogen-bond acceptors (Lipinski definition) is 4. The number of aromatic nitrogens is 2. The van der Waals surface area contributed by atoms with Gasteiger partial charge in [-0.1, -0.05) is 0 Å². The van der Waals surface area contributed by atoms with E-state index in [-0.39, 0.29) is 11.7 Å². The van der Waals surface area contributed by atoms with Crippen LogP contribution in [-0.4, -0.2) is 9.97 Å². The topological polar surface area (TPSA) is 61.0 Å². The highest BCUT2D eigenvalue weighted by Crippen LogP contribution is 2.24. The Hall–Kier alpha value is -2.24. The van der Waals surface area contributed by atoms with Crippen LogP contribution < -0.4 is 10.5 Å². The number of rotatable bonds is 3. The molecule has 0 fully saturated rings. The Balaban J connectivity index is 2.21. The summed E-state index contributed by atoms with van der Waals surface area (Å²) in [6.07, 6.45) is 0.908. The maximum absolute atomic E-state index is 13.4. The number of benzene rings is 1. The van der Waals surface area contributed by atoms with E-state index in [4.69, 9.17) is 10.5 Å². The second-order valence-corrected chi connectivity index (χ2v) is 3.67. The van der Waals surface area contributed by atoms with Crippen molar-refractivity contribution in [1.82, 2.24) is 9.97 Å². The third-order valence-corrected chi connectivity index (χ3v) is 2.31. The third kappa shape index (κ3) is 2.71. The van der Waals surface area contributed by atoms with E-state index in [0.717, 1.165) is 18.2 Å². The van der Waals surface area contributed by atoms with E-state index in [1.54, 1.807) is 13.0 Å². The Labute approximate surface area is 102 Å². The molecule has 4 nitrogen and oxygen atoms in total. The molecule has 1 aromatic carbocycles. The van der Waals surface area contributed by atoms with Gasteiger partial charge < -0.3 is 10.5 Å². The third-order valence-electron chi connectivity index (χ3n) is 2.31. The Bertz CT molecular complexity index is 563. The molecule has 0 spiro atoms. The highest BCUT2D eigenvalue weighted by molar-refractivity contribution is 5.26. The molecule has 0 radical (unpaired) electrons. The molecule has 2 rings (SSSR count). The standard InChI is InChI=1S/C12H11F2N3O/c1-7(10-4-5-16-12(15)17-10)18-11-6-8(13)2-3-9(11)14/h2-7H,1H3,(H2,15,16,17)/t7-/m0/s1. The van der Waals surface area contributed by atoms with Crippen molar-refractivity contribution < 1.29 is 13.5 Å². The number of nitrogen functional groups attached to an aromatic ring is 1. The summed E-state index contributed by atoms with van der Waals surface area (Å²) >= 11 is 0. The maximum Gasteiger partial charge on any atom is 0.220 e. The molecule has 94 valence electrons. The van der Waals surface area contributed by atoms with Crippen LogP contribution in [0.3, 0.4) is 0 Å². The van der Waals surface area contributed by atoms with Gasteiger partial charge in [-0.3, -0.25) is 0 Å². The van der Waals surface area contributed by atoms with E-state index in [1.807, 2.05) is 0 Å². The van der Waals surface area contributed by atoms with Gasteiger partial charge in [-0.15, -0.1) is 0 Å². The van der Waals surface area contributed by atoms with Gasteiger partial charge in [-0.05, 0) is 25.1 Å². The largest absolute Gasteiger partial charge is 0.481 e. The van der Waals surface area contributed by atoms with Gasteiger partial charge in [0, 0.05) is 12.3 Å². The second-order valence-electron chi connectivity index (χ2n) is 3.67. The van der Waals surface area contributed by atoms with Crippen LogP contribution >= 0.6 is 0 Å². The summed E-state index contributed by atoms with van der Waals surface area (Å²) in [5, 5.41) is 0. The van der Waals surface area contributed by atoms with Gasteiger partial charge in [-0.25, -0.2) is 18.7 Å². The Morgan fingerprint density at radius 3 is 2.78 bits per heavy atom. The van der Waals surface area contributed by atoms with Crippen molar-refractivity contribution in [3.8, 4) is 5.75 Å². The normalized spacial score (nSPS) is 12.2. The average molecular weight is 251 g/mol. The van der Waals surface area contributed by atoms with Gasteiger partial charge in [0.15, 0.2) is 11.6 Å².